The molecule has 0 bridgehead atoms. The number of sulfonamides is 1. The molecule has 6 nitrogen and oxygen atoms in total. The van der Waals surface area contributed by atoms with Crippen molar-refractivity contribution < 1.29 is 18.0 Å². The maximum atomic E-state index is 12.5. The fraction of sp³-hybridized carbons (Fsp3) is 0.263. The molecule has 0 aromatic heterocycles. The first-order valence-corrected chi connectivity index (χ1v) is 10.1. The van der Waals surface area contributed by atoms with E-state index in [1.165, 1.54) is 4.31 Å². The van der Waals surface area contributed by atoms with E-state index in [1.807, 2.05) is 0 Å². The Morgan fingerprint density at radius 2 is 1.35 bits per heavy atom. The second-order valence-corrected chi connectivity index (χ2v) is 8.49. The van der Waals surface area contributed by atoms with Crippen molar-refractivity contribution in [3.05, 3.63) is 65.2 Å². The van der Waals surface area contributed by atoms with Crippen molar-refractivity contribution in [2.45, 2.75) is 18.6 Å². The van der Waals surface area contributed by atoms with Crippen LogP contribution in [0.5, 0.6) is 0 Å². The fourth-order valence-electron chi connectivity index (χ4n) is 3.43. The lowest BCUT2D eigenvalue weighted by Crippen LogP contribution is -2.30. The Hall–Kier alpha value is -2.51. The molecule has 0 unspecified atom stereocenters. The number of benzene rings is 2. The zero-order chi connectivity index (χ0) is 18.3. The normalized spacial score (nSPS) is 17.8. The van der Waals surface area contributed by atoms with Crippen LogP contribution in [0.4, 0.5) is 5.69 Å². The van der Waals surface area contributed by atoms with Gasteiger partial charge in [0.15, 0.2) is 0 Å². The van der Waals surface area contributed by atoms with Gasteiger partial charge in [0, 0.05) is 13.1 Å². The van der Waals surface area contributed by atoms with Gasteiger partial charge >= 0.3 is 0 Å². The van der Waals surface area contributed by atoms with Crippen LogP contribution in [0.15, 0.2) is 48.5 Å². The number of carbonyl (C=O) groups excluding carboxylic acids is 2. The molecule has 0 atom stereocenters. The predicted molar refractivity (Wildman–Crippen MR) is 97.5 cm³/mol. The molecule has 2 amide bonds. The van der Waals surface area contributed by atoms with Crippen molar-refractivity contribution in [3.63, 3.8) is 0 Å². The summed E-state index contributed by atoms with van der Waals surface area (Å²) in [4.78, 5) is 26.1. The lowest BCUT2D eigenvalue weighted by atomic mass is 10.1. The molecule has 0 spiro atoms. The fourth-order valence-corrected chi connectivity index (χ4v) is 5.04. The third kappa shape index (κ3) is 2.83. The summed E-state index contributed by atoms with van der Waals surface area (Å²) in [5, 5.41) is 0. The molecule has 1 saturated heterocycles. The third-order valence-electron chi connectivity index (χ3n) is 4.80. The molecular weight excluding hydrogens is 352 g/mol. The summed E-state index contributed by atoms with van der Waals surface area (Å²) in [5.41, 5.74) is 1.85. The van der Waals surface area contributed by atoms with Crippen LogP contribution in [-0.2, 0) is 15.8 Å². The Morgan fingerprint density at radius 1 is 0.808 bits per heavy atom. The highest BCUT2D eigenvalue weighted by atomic mass is 32.2. The Balaban J connectivity index is 1.56. The van der Waals surface area contributed by atoms with E-state index in [1.54, 1.807) is 48.5 Å². The van der Waals surface area contributed by atoms with E-state index in [-0.39, 0.29) is 17.6 Å². The molecule has 2 aromatic rings. The standard InChI is InChI=1S/C19H18N2O4S/c22-18-16-5-1-2-6-17(16)19(23)21(18)15-9-7-14(8-10-15)13-26(24,25)20-11-3-4-12-20/h1-2,5-10H,3-4,11-13H2. The number of nitrogens with zero attached hydrogens (tertiary/aromatic N) is 2. The molecule has 2 heterocycles. The van der Waals surface area contributed by atoms with E-state index in [4.69, 9.17) is 0 Å². The molecular formula is C19H18N2O4S. The first-order chi connectivity index (χ1) is 12.5. The quantitative estimate of drug-likeness (QED) is 0.775. The van der Waals surface area contributed by atoms with Crippen molar-refractivity contribution in [2.75, 3.05) is 18.0 Å². The van der Waals surface area contributed by atoms with Crippen molar-refractivity contribution in [3.8, 4) is 0 Å². The maximum Gasteiger partial charge on any atom is 0.266 e. The van der Waals surface area contributed by atoms with Gasteiger partial charge in [0.25, 0.3) is 11.8 Å². The first kappa shape index (κ1) is 16.9. The molecule has 4 rings (SSSR count). The van der Waals surface area contributed by atoms with Crippen molar-refractivity contribution in [1.82, 2.24) is 4.31 Å². The van der Waals surface area contributed by atoms with Crippen molar-refractivity contribution >= 4 is 27.5 Å². The molecule has 2 aliphatic rings. The minimum atomic E-state index is -3.32. The van der Waals surface area contributed by atoms with Gasteiger partial charge in [-0.25, -0.2) is 17.6 Å². The molecule has 0 aliphatic carbocycles. The second-order valence-electron chi connectivity index (χ2n) is 6.52. The molecule has 26 heavy (non-hydrogen) atoms. The highest BCUT2D eigenvalue weighted by Crippen LogP contribution is 2.28. The van der Waals surface area contributed by atoms with E-state index >= 15 is 0 Å². The lowest BCUT2D eigenvalue weighted by molar-refractivity contribution is 0.0926. The minimum Gasteiger partial charge on any atom is -0.268 e. The SMILES string of the molecule is O=C1c2ccccc2C(=O)N1c1ccc(CS(=O)(=O)N2CCCC2)cc1. The lowest BCUT2D eigenvalue weighted by Gasteiger charge is -2.17. The number of rotatable bonds is 4. The highest BCUT2D eigenvalue weighted by Gasteiger charge is 2.36. The van der Waals surface area contributed by atoms with E-state index < -0.39 is 10.0 Å². The highest BCUT2D eigenvalue weighted by molar-refractivity contribution is 7.88. The number of carbonyl (C=O) groups is 2. The first-order valence-electron chi connectivity index (χ1n) is 8.52. The Bertz CT molecular complexity index is 942. The Morgan fingerprint density at radius 3 is 1.88 bits per heavy atom. The van der Waals surface area contributed by atoms with Crippen LogP contribution in [-0.4, -0.2) is 37.6 Å². The number of imide groups is 1. The molecule has 2 aromatic carbocycles. The Labute approximate surface area is 152 Å². The van der Waals surface area contributed by atoms with Crippen LogP contribution >= 0.6 is 0 Å². The number of fused-ring (bicyclic) bond motifs is 1. The van der Waals surface area contributed by atoms with Gasteiger partial charge in [0.2, 0.25) is 10.0 Å². The summed E-state index contributed by atoms with van der Waals surface area (Å²) >= 11 is 0. The second kappa shape index (κ2) is 6.34. The third-order valence-corrected chi connectivity index (χ3v) is 6.65. The number of hydrogen-bond acceptors (Lipinski definition) is 4. The summed E-state index contributed by atoms with van der Waals surface area (Å²) in [6.07, 6.45) is 1.80. The molecule has 2 aliphatic heterocycles. The number of anilines is 1. The van der Waals surface area contributed by atoms with Gasteiger partial charge in [-0.1, -0.05) is 24.3 Å². The van der Waals surface area contributed by atoms with Gasteiger partial charge in [-0.15, -0.1) is 0 Å². The van der Waals surface area contributed by atoms with Gasteiger partial charge in [0.1, 0.15) is 0 Å². The van der Waals surface area contributed by atoms with Crippen LogP contribution < -0.4 is 4.90 Å². The zero-order valence-corrected chi connectivity index (χ0v) is 14.9. The largest absolute Gasteiger partial charge is 0.268 e. The summed E-state index contributed by atoms with van der Waals surface area (Å²) < 4.78 is 26.3. The zero-order valence-electron chi connectivity index (χ0n) is 14.1. The molecule has 1 fully saturated rings. The van der Waals surface area contributed by atoms with Crippen molar-refractivity contribution in [1.29, 1.82) is 0 Å². The smallest absolute Gasteiger partial charge is 0.266 e. The molecule has 134 valence electrons. The molecule has 0 radical (unpaired) electrons. The van der Waals surface area contributed by atoms with Gasteiger partial charge in [-0.3, -0.25) is 9.59 Å². The van der Waals surface area contributed by atoms with Gasteiger partial charge in [-0.2, -0.15) is 0 Å². The van der Waals surface area contributed by atoms with E-state index in [9.17, 15) is 18.0 Å². The average molecular weight is 370 g/mol. The van der Waals surface area contributed by atoms with Crippen LogP contribution in [0.1, 0.15) is 39.1 Å². The summed E-state index contributed by atoms with van der Waals surface area (Å²) in [5.74, 6) is -0.791. The van der Waals surface area contributed by atoms with Gasteiger partial charge < -0.3 is 0 Å². The van der Waals surface area contributed by atoms with Crippen LogP contribution in [0.2, 0.25) is 0 Å². The molecule has 0 N–H and O–H groups in total. The van der Waals surface area contributed by atoms with Crippen molar-refractivity contribution in [2.24, 2.45) is 0 Å². The Kier molecular flexibility index (Phi) is 4.13. The topological polar surface area (TPSA) is 74.8 Å². The molecule has 0 saturated carbocycles. The average Bonchev–Trinajstić information content (AvgIpc) is 3.25. The van der Waals surface area contributed by atoms with Crippen LogP contribution in [0, 0.1) is 0 Å². The van der Waals surface area contributed by atoms with Gasteiger partial charge in [-0.05, 0) is 42.7 Å². The number of amides is 2. The monoisotopic (exact) mass is 370 g/mol. The summed E-state index contributed by atoms with van der Waals surface area (Å²) in [7, 11) is -3.32. The minimum absolute atomic E-state index is 0.0740. The summed E-state index contributed by atoms with van der Waals surface area (Å²) in [6.45, 7) is 1.16. The van der Waals surface area contributed by atoms with Crippen LogP contribution in [0.25, 0.3) is 0 Å². The van der Waals surface area contributed by atoms with Gasteiger partial charge in [0.05, 0.1) is 22.6 Å². The number of hydrogen-bond donors (Lipinski definition) is 0. The van der Waals surface area contributed by atoms with E-state index in [2.05, 4.69) is 0 Å². The molecule has 7 heteroatoms. The van der Waals surface area contributed by atoms with E-state index in [0.29, 0.717) is 35.5 Å². The van der Waals surface area contributed by atoms with Crippen LogP contribution in [0.3, 0.4) is 0 Å². The maximum absolute atomic E-state index is 12.5. The van der Waals surface area contributed by atoms with E-state index in [0.717, 1.165) is 17.7 Å². The summed E-state index contributed by atoms with van der Waals surface area (Å²) in [6, 6.07) is 13.3. The predicted octanol–water partition coefficient (Wildman–Crippen LogP) is 2.41.